The molecule has 0 atom stereocenters. The van der Waals surface area contributed by atoms with E-state index in [1.807, 2.05) is 0 Å². The SMILES string of the molecule is C#CCOc1cc(-c2cc(C)c(C(F)(F)F)n(C)c2=O)c(F)cc1Cl. The lowest BCUT2D eigenvalue weighted by atomic mass is 10.0. The Labute approximate surface area is 145 Å². The van der Waals surface area contributed by atoms with Gasteiger partial charge in [-0.05, 0) is 30.7 Å². The Morgan fingerprint density at radius 3 is 2.48 bits per heavy atom. The van der Waals surface area contributed by atoms with Crippen molar-refractivity contribution in [1.82, 2.24) is 4.57 Å². The fraction of sp³-hybridized carbons (Fsp3) is 0.235. The van der Waals surface area contributed by atoms with Crippen LogP contribution in [0.2, 0.25) is 5.02 Å². The highest BCUT2D eigenvalue weighted by Gasteiger charge is 2.36. The Morgan fingerprint density at radius 2 is 1.92 bits per heavy atom. The Bertz CT molecular complexity index is 926. The zero-order valence-corrected chi connectivity index (χ0v) is 13.9. The molecule has 3 nitrogen and oxygen atoms in total. The third-order valence-electron chi connectivity index (χ3n) is 3.50. The van der Waals surface area contributed by atoms with Gasteiger partial charge >= 0.3 is 6.18 Å². The maximum atomic E-state index is 14.3. The van der Waals surface area contributed by atoms with E-state index in [9.17, 15) is 22.4 Å². The predicted molar refractivity (Wildman–Crippen MR) is 86.2 cm³/mol. The molecule has 1 heterocycles. The summed E-state index contributed by atoms with van der Waals surface area (Å²) in [6, 6.07) is 3.04. The topological polar surface area (TPSA) is 31.2 Å². The molecule has 8 heteroatoms. The maximum Gasteiger partial charge on any atom is 0.431 e. The number of aryl methyl sites for hydroxylation is 1. The molecule has 0 aliphatic carbocycles. The molecule has 0 amide bonds. The Hall–Kier alpha value is -2.46. The molecule has 1 aromatic heterocycles. The molecular formula is C17H12ClF4NO2. The van der Waals surface area contributed by atoms with E-state index in [-0.39, 0.29) is 34.1 Å². The number of nitrogens with zero attached hydrogens (tertiary/aromatic N) is 1. The third kappa shape index (κ3) is 3.64. The molecular weight excluding hydrogens is 362 g/mol. The molecule has 0 unspecified atom stereocenters. The van der Waals surface area contributed by atoms with Crippen LogP contribution < -0.4 is 10.3 Å². The number of hydrogen-bond donors (Lipinski definition) is 0. The average Bonchev–Trinajstić information content (AvgIpc) is 2.49. The Morgan fingerprint density at radius 1 is 1.28 bits per heavy atom. The fourth-order valence-corrected chi connectivity index (χ4v) is 2.67. The second-order valence-electron chi connectivity index (χ2n) is 5.21. The molecule has 0 spiro atoms. The van der Waals surface area contributed by atoms with Crippen molar-refractivity contribution < 1.29 is 22.3 Å². The molecule has 0 saturated carbocycles. The molecule has 0 aliphatic heterocycles. The molecule has 1 aromatic carbocycles. The van der Waals surface area contributed by atoms with E-state index >= 15 is 0 Å². The molecule has 2 rings (SSSR count). The molecule has 0 saturated heterocycles. The summed E-state index contributed by atoms with van der Waals surface area (Å²) < 4.78 is 59.1. The maximum absolute atomic E-state index is 14.3. The van der Waals surface area contributed by atoms with Gasteiger partial charge in [0.1, 0.15) is 23.9 Å². The number of benzene rings is 1. The van der Waals surface area contributed by atoms with E-state index in [4.69, 9.17) is 22.8 Å². The predicted octanol–water partition coefficient (Wildman–Crippen LogP) is 4.18. The summed E-state index contributed by atoms with van der Waals surface area (Å²) >= 11 is 5.85. The van der Waals surface area contributed by atoms with Gasteiger partial charge in [0.15, 0.2) is 0 Å². The van der Waals surface area contributed by atoms with Crippen molar-refractivity contribution >= 4 is 11.6 Å². The molecule has 0 aliphatic rings. The Balaban J connectivity index is 2.72. The van der Waals surface area contributed by atoms with Crippen LogP contribution in [0.3, 0.4) is 0 Å². The smallest absolute Gasteiger partial charge is 0.431 e. The number of alkyl halides is 3. The molecule has 2 aromatic rings. The van der Waals surface area contributed by atoms with Gasteiger partial charge in [-0.3, -0.25) is 4.79 Å². The summed E-state index contributed by atoms with van der Waals surface area (Å²) in [5.74, 6) is 1.36. The number of terminal acetylenes is 1. The van der Waals surface area contributed by atoms with Crippen LogP contribution in [0.5, 0.6) is 5.75 Å². The number of ether oxygens (including phenoxy) is 1. The summed E-state index contributed by atoms with van der Waals surface area (Å²) in [6.45, 7) is 1.05. The van der Waals surface area contributed by atoms with Crippen molar-refractivity contribution in [2.45, 2.75) is 13.1 Å². The number of rotatable bonds is 3. The summed E-state index contributed by atoms with van der Waals surface area (Å²) in [5, 5.41) is -0.0723. The van der Waals surface area contributed by atoms with Crippen LogP contribution in [0, 0.1) is 25.1 Å². The Kier molecular flexibility index (Phi) is 5.14. The first-order valence-corrected chi connectivity index (χ1v) is 7.29. The molecule has 0 N–H and O–H groups in total. The minimum absolute atomic E-state index is 0.0237. The quantitative estimate of drug-likeness (QED) is 0.597. The first-order chi connectivity index (χ1) is 11.6. The van der Waals surface area contributed by atoms with E-state index in [0.717, 1.165) is 25.2 Å². The van der Waals surface area contributed by atoms with Crippen molar-refractivity contribution in [3.63, 3.8) is 0 Å². The lowest BCUT2D eigenvalue weighted by Crippen LogP contribution is -2.28. The molecule has 0 radical (unpaired) electrons. The van der Waals surface area contributed by atoms with Crippen LogP contribution in [0.1, 0.15) is 11.3 Å². The van der Waals surface area contributed by atoms with Gasteiger partial charge in [-0.1, -0.05) is 17.5 Å². The first-order valence-electron chi connectivity index (χ1n) is 6.91. The van der Waals surface area contributed by atoms with E-state index in [1.165, 1.54) is 6.92 Å². The molecule has 25 heavy (non-hydrogen) atoms. The van der Waals surface area contributed by atoms with Crippen LogP contribution in [0.25, 0.3) is 11.1 Å². The lowest BCUT2D eigenvalue weighted by molar-refractivity contribution is -0.144. The van der Waals surface area contributed by atoms with Crippen LogP contribution >= 0.6 is 11.6 Å². The number of aromatic nitrogens is 1. The lowest BCUT2D eigenvalue weighted by Gasteiger charge is -2.17. The summed E-state index contributed by atoms with van der Waals surface area (Å²) in [6.07, 6.45) is 0.363. The monoisotopic (exact) mass is 373 g/mol. The second kappa shape index (κ2) is 6.81. The summed E-state index contributed by atoms with van der Waals surface area (Å²) in [7, 11) is 0.977. The summed E-state index contributed by atoms with van der Waals surface area (Å²) in [4.78, 5) is 12.3. The minimum atomic E-state index is -4.71. The fourth-order valence-electron chi connectivity index (χ4n) is 2.47. The van der Waals surface area contributed by atoms with Gasteiger partial charge < -0.3 is 9.30 Å². The van der Waals surface area contributed by atoms with Crippen LogP contribution in [-0.4, -0.2) is 11.2 Å². The standard InChI is InChI=1S/C17H12ClF4NO2/c1-4-5-25-14-7-10(13(19)8-12(14)18)11-6-9(2)15(17(20,21)22)23(3)16(11)24/h1,6-8H,5H2,2-3H3. The number of hydrogen-bond acceptors (Lipinski definition) is 2. The minimum Gasteiger partial charge on any atom is -0.479 e. The van der Waals surface area contributed by atoms with E-state index < -0.39 is 23.2 Å². The van der Waals surface area contributed by atoms with E-state index in [0.29, 0.717) is 4.57 Å². The summed E-state index contributed by atoms with van der Waals surface area (Å²) in [5.41, 5.74) is -2.78. The van der Waals surface area contributed by atoms with Gasteiger partial charge in [-0.2, -0.15) is 13.2 Å². The molecule has 0 bridgehead atoms. The molecule has 132 valence electrons. The van der Waals surface area contributed by atoms with Crippen molar-refractivity contribution in [2.24, 2.45) is 7.05 Å². The van der Waals surface area contributed by atoms with Crippen molar-refractivity contribution in [2.75, 3.05) is 6.61 Å². The van der Waals surface area contributed by atoms with Gasteiger partial charge in [0.2, 0.25) is 0 Å². The van der Waals surface area contributed by atoms with E-state index in [1.54, 1.807) is 0 Å². The van der Waals surface area contributed by atoms with Gasteiger partial charge in [0.05, 0.1) is 10.6 Å². The van der Waals surface area contributed by atoms with Crippen LogP contribution in [0.4, 0.5) is 17.6 Å². The van der Waals surface area contributed by atoms with Gasteiger partial charge in [0.25, 0.3) is 5.56 Å². The first kappa shape index (κ1) is 18.9. The third-order valence-corrected chi connectivity index (χ3v) is 3.79. The van der Waals surface area contributed by atoms with Gasteiger partial charge in [-0.15, -0.1) is 6.42 Å². The normalized spacial score (nSPS) is 11.3. The van der Waals surface area contributed by atoms with Crippen LogP contribution in [-0.2, 0) is 13.2 Å². The zero-order chi connectivity index (χ0) is 18.9. The second-order valence-corrected chi connectivity index (χ2v) is 5.61. The highest BCUT2D eigenvalue weighted by molar-refractivity contribution is 6.32. The highest BCUT2D eigenvalue weighted by atomic mass is 35.5. The largest absolute Gasteiger partial charge is 0.479 e. The van der Waals surface area contributed by atoms with Crippen molar-refractivity contribution in [1.29, 1.82) is 0 Å². The van der Waals surface area contributed by atoms with Gasteiger partial charge in [-0.25, -0.2) is 4.39 Å². The zero-order valence-electron chi connectivity index (χ0n) is 13.2. The number of pyridine rings is 1. The van der Waals surface area contributed by atoms with Crippen LogP contribution in [0.15, 0.2) is 23.0 Å². The van der Waals surface area contributed by atoms with E-state index in [2.05, 4.69) is 5.92 Å². The van der Waals surface area contributed by atoms with Gasteiger partial charge in [0, 0.05) is 12.6 Å². The van der Waals surface area contributed by atoms with Crippen molar-refractivity contribution in [3.05, 3.63) is 50.7 Å². The number of halogens is 5. The highest BCUT2D eigenvalue weighted by Crippen LogP contribution is 2.35. The average molecular weight is 374 g/mol. The molecule has 0 fully saturated rings. The van der Waals surface area contributed by atoms with Crippen molar-refractivity contribution in [3.8, 4) is 29.2 Å².